The first-order valence-corrected chi connectivity index (χ1v) is 8.99. The lowest BCUT2D eigenvalue weighted by Crippen LogP contribution is -2.31. The van der Waals surface area contributed by atoms with Crippen LogP contribution in [0, 0.1) is 13.8 Å². The molecule has 0 aromatic carbocycles. The molecule has 0 radical (unpaired) electrons. The number of halogens is 1. The third-order valence-corrected chi connectivity index (χ3v) is 5.56. The summed E-state index contributed by atoms with van der Waals surface area (Å²) in [5.41, 5.74) is 4.18. The zero-order chi connectivity index (χ0) is 17.0. The Morgan fingerprint density at radius 1 is 1.39 bits per heavy atom. The molecule has 2 rings (SSSR count). The molecule has 0 atom stereocenters. The van der Waals surface area contributed by atoms with Gasteiger partial charge >= 0.3 is 0 Å². The van der Waals surface area contributed by atoms with Crippen LogP contribution in [0.25, 0.3) is 0 Å². The maximum atomic E-state index is 11.2. The molecule has 0 aliphatic heterocycles. The third kappa shape index (κ3) is 4.12. The van der Waals surface area contributed by atoms with Crippen LogP contribution in [0.4, 0.5) is 0 Å². The molecule has 2 aromatic rings. The summed E-state index contributed by atoms with van der Waals surface area (Å²) in [7, 11) is 0. The van der Waals surface area contributed by atoms with Gasteiger partial charge in [-0.25, -0.2) is 5.84 Å². The van der Waals surface area contributed by atoms with Crippen LogP contribution in [0.3, 0.4) is 0 Å². The average Bonchev–Trinajstić information content (AvgIpc) is 3.06. The van der Waals surface area contributed by atoms with E-state index in [-0.39, 0.29) is 11.7 Å². The Hall–Kier alpha value is -1.39. The Kier molecular flexibility index (Phi) is 6.19. The van der Waals surface area contributed by atoms with Gasteiger partial charge in [0.25, 0.3) is 0 Å². The predicted octanol–water partition coefficient (Wildman–Crippen LogP) is 1.20. The SMILES string of the molecule is CCn1c(CCn2nc(C)c(Br)c2C)nnc1SCC(=O)NN. The molecule has 2 heterocycles. The highest BCUT2D eigenvalue weighted by Gasteiger charge is 2.14. The molecule has 0 aliphatic carbocycles. The lowest BCUT2D eigenvalue weighted by Gasteiger charge is -2.08. The van der Waals surface area contributed by atoms with E-state index in [0.717, 1.165) is 46.4 Å². The standard InChI is InChI=1S/C13H20BrN7OS/c1-4-20-10(17-18-13(20)23-7-11(22)16-15)5-6-21-9(3)12(14)8(2)19-21/h4-7,15H2,1-3H3,(H,16,22). The predicted molar refractivity (Wildman–Crippen MR) is 91.9 cm³/mol. The summed E-state index contributed by atoms with van der Waals surface area (Å²) in [4.78, 5) is 11.2. The van der Waals surface area contributed by atoms with Crippen molar-refractivity contribution >= 4 is 33.6 Å². The zero-order valence-corrected chi connectivity index (χ0v) is 15.7. The van der Waals surface area contributed by atoms with Crippen LogP contribution in [0.15, 0.2) is 9.63 Å². The second-order valence-corrected chi connectivity index (χ2v) is 6.69. The highest BCUT2D eigenvalue weighted by Crippen LogP contribution is 2.21. The van der Waals surface area contributed by atoms with Crippen molar-refractivity contribution in [2.45, 2.75) is 45.4 Å². The number of nitrogens with one attached hydrogen (secondary N) is 1. The van der Waals surface area contributed by atoms with Gasteiger partial charge in [0.15, 0.2) is 5.16 Å². The van der Waals surface area contributed by atoms with Gasteiger partial charge in [-0.05, 0) is 36.7 Å². The topological polar surface area (TPSA) is 104 Å². The largest absolute Gasteiger partial charge is 0.306 e. The molecule has 0 aliphatic rings. The van der Waals surface area contributed by atoms with E-state index < -0.39 is 0 Å². The van der Waals surface area contributed by atoms with Gasteiger partial charge in [-0.2, -0.15) is 5.10 Å². The summed E-state index contributed by atoms with van der Waals surface area (Å²) in [6.45, 7) is 7.50. The second kappa shape index (κ2) is 7.93. The Morgan fingerprint density at radius 2 is 2.13 bits per heavy atom. The molecule has 0 unspecified atom stereocenters. The quantitative estimate of drug-likeness (QED) is 0.312. The Balaban J connectivity index is 2.06. The van der Waals surface area contributed by atoms with E-state index >= 15 is 0 Å². The van der Waals surface area contributed by atoms with E-state index in [9.17, 15) is 4.79 Å². The zero-order valence-electron chi connectivity index (χ0n) is 13.3. The van der Waals surface area contributed by atoms with Crippen LogP contribution >= 0.6 is 27.7 Å². The van der Waals surface area contributed by atoms with E-state index in [1.54, 1.807) is 0 Å². The normalized spacial score (nSPS) is 11.0. The minimum absolute atomic E-state index is 0.221. The molecular formula is C13H20BrN7OS. The Morgan fingerprint density at radius 3 is 2.70 bits per heavy atom. The van der Waals surface area contributed by atoms with Crippen LogP contribution in [-0.4, -0.2) is 36.2 Å². The number of hydrazine groups is 1. The summed E-state index contributed by atoms with van der Waals surface area (Å²) in [6, 6.07) is 0. The van der Waals surface area contributed by atoms with Crippen molar-refractivity contribution in [2.24, 2.45) is 5.84 Å². The van der Waals surface area contributed by atoms with Gasteiger partial charge in [0.2, 0.25) is 5.91 Å². The summed E-state index contributed by atoms with van der Waals surface area (Å²) in [6.07, 6.45) is 0.721. The molecule has 23 heavy (non-hydrogen) atoms. The molecule has 0 spiro atoms. The minimum Gasteiger partial charge on any atom is -0.306 e. The Labute approximate surface area is 147 Å². The molecule has 0 saturated heterocycles. The molecule has 8 nitrogen and oxygen atoms in total. The number of nitrogens with two attached hydrogens (primary N) is 1. The van der Waals surface area contributed by atoms with Crippen molar-refractivity contribution in [3.8, 4) is 0 Å². The first-order valence-electron chi connectivity index (χ1n) is 7.21. The summed E-state index contributed by atoms with van der Waals surface area (Å²) in [5.74, 6) is 5.94. The maximum absolute atomic E-state index is 11.2. The van der Waals surface area contributed by atoms with E-state index in [2.05, 4.69) is 36.7 Å². The molecule has 1 amide bonds. The number of carbonyl (C=O) groups is 1. The molecule has 126 valence electrons. The maximum Gasteiger partial charge on any atom is 0.244 e. The van der Waals surface area contributed by atoms with Gasteiger partial charge in [-0.1, -0.05) is 11.8 Å². The molecule has 0 saturated carbocycles. The van der Waals surface area contributed by atoms with Crippen LogP contribution in [0.2, 0.25) is 0 Å². The van der Waals surface area contributed by atoms with E-state index in [4.69, 9.17) is 5.84 Å². The fraction of sp³-hybridized carbons (Fsp3) is 0.538. The molecule has 0 bridgehead atoms. The molecule has 3 N–H and O–H groups in total. The Bertz CT molecular complexity index is 697. The van der Waals surface area contributed by atoms with Crippen LogP contribution in [-0.2, 0) is 24.3 Å². The number of aryl methyl sites for hydroxylation is 3. The van der Waals surface area contributed by atoms with Crippen LogP contribution in [0.1, 0.15) is 24.1 Å². The molecular weight excluding hydrogens is 382 g/mol. The van der Waals surface area contributed by atoms with Gasteiger partial charge in [0.1, 0.15) is 5.82 Å². The lowest BCUT2D eigenvalue weighted by atomic mass is 10.3. The molecule has 2 aromatic heterocycles. The van der Waals surface area contributed by atoms with Gasteiger partial charge < -0.3 is 4.57 Å². The van der Waals surface area contributed by atoms with Gasteiger partial charge in [0.05, 0.1) is 15.9 Å². The molecule has 0 fully saturated rings. The monoisotopic (exact) mass is 401 g/mol. The number of hydrogen-bond acceptors (Lipinski definition) is 6. The minimum atomic E-state index is -0.241. The third-order valence-electron chi connectivity index (χ3n) is 3.44. The summed E-state index contributed by atoms with van der Waals surface area (Å²) in [5, 5.41) is 13.6. The van der Waals surface area contributed by atoms with Crippen LogP contribution in [0.5, 0.6) is 0 Å². The van der Waals surface area contributed by atoms with E-state index in [1.165, 1.54) is 11.8 Å². The molecule has 10 heteroatoms. The van der Waals surface area contributed by atoms with Crippen molar-refractivity contribution in [3.63, 3.8) is 0 Å². The number of rotatable bonds is 7. The van der Waals surface area contributed by atoms with Crippen molar-refractivity contribution < 1.29 is 4.79 Å². The number of amides is 1. The number of nitrogens with zero attached hydrogens (tertiary/aromatic N) is 5. The smallest absolute Gasteiger partial charge is 0.244 e. The number of carbonyl (C=O) groups excluding carboxylic acids is 1. The fourth-order valence-electron chi connectivity index (χ4n) is 2.20. The van der Waals surface area contributed by atoms with E-state index in [0.29, 0.717) is 0 Å². The lowest BCUT2D eigenvalue weighted by molar-refractivity contribution is -0.118. The van der Waals surface area contributed by atoms with Crippen molar-refractivity contribution in [3.05, 3.63) is 21.7 Å². The number of aromatic nitrogens is 5. The number of hydrogen-bond donors (Lipinski definition) is 2. The van der Waals surface area contributed by atoms with Crippen molar-refractivity contribution in [2.75, 3.05) is 5.75 Å². The first kappa shape index (κ1) is 18.0. The van der Waals surface area contributed by atoms with Gasteiger partial charge in [-0.15, -0.1) is 10.2 Å². The highest BCUT2D eigenvalue weighted by molar-refractivity contribution is 9.10. The summed E-state index contributed by atoms with van der Waals surface area (Å²) >= 11 is 4.86. The van der Waals surface area contributed by atoms with Gasteiger partial charge in [-0.3, -0.25) is 14.9 Å². The first-order chi connectivity index (χ1) is 11.0. The van der Waals surface area contributed by atoms with Crippen molar-refractivity contribution in [1.82, 2.24) is 30.0 Å². The average molecular weight is 402 g/mol. The van der Waals surface area contributed by atoms with Gasteiger partial charge in [0, 0.05) is 25.2 Å². The van der Waals surface area contributed by atoms with E-state index in [1.807, 2.05) is 30.0 Å². The number of thioether (sulfide) groups is 1. The fourth-order valence-corrected chi connectivity index (χ4v) is 3.32. The van der Waals surface area contributed by atoms with Crippen molar-refractivity contribution in [1.29, 1.82) is 0 Å². The van der Waals surface area contributed by atoms with Crippen LogP contribution < -0.4 is 11.3 Å². The highest BCUT2D eigenvalue weighted by atomic mass is 79.9. The second-order valence-electron chi connectivity index (χ2n) is 4.96. The summed E-state index contributed by atoms with van der Waals surface area (Å²) < 4.78 is 5.01.